The number of rotatable bonds is 5. The minimum atomic E-state index is -0.712. The van der Waals surface area contributed by atoms with Crippen LogP contribution in [0.4, 0.5) is 0 Å². The van der Waals surface area contributed by atoms with Gasteiger partial charge in [0.1, 0.15) is 6.04 Å². The maximum atomic E-state index is 11.9. The second-order valence-electron chi connectivity index (χ2n) is 5.62. The fraction of sp³-hybridized carbons (Fsp3) is 0.500. The first-order chi connectivity index (χ1) is 9.25. The molecule has 1 aromatic rings. The number of aromatic nitrogens is 2. The van der Waals surface area contributed by atoms with Crippen molar-refractivity contribution < 1.29 is 9.59 Å². The Bertz CT molecular complexity index is 511. The predicted octanol–water partition coefficient (Wildman–Crippen LogP) is 0.932. The van der Waals surface area contributed by atoms with Crippen LogP contribution in [0.25, 0.3) is 6.08 Å². The van der Waals surface area contributed by atoms with E-state index in [1.807, 2.05) is 33.8 Å². The van der Waals surface area contributed by atoms with Gasteiger partial charge in [-0.25, -0.2) is 0 Å². The van der Waals surface area contributed by atoms with Gasteiger partial charge in [0.15, 0.2) is 0 Å². The van der Waals surface area contributed by atoms with Crippen LogP contribution < -0.4 is 11.1 Å². The zero-order valence-corrected chi connectivity index (χ0v) is 12.4. The SMILES string of the molecule is CCn1nccc1/C=C/C(=O)N[C@H](C(N)=O)C(C)(C)C. The third kappa shape index (κ3) is 4.22. The van der Waals surface area contributed by atoms with Crippen LogP contribution in [0.3, 0.4) is 0 Å². The number of aryl methyl sites for hydroxylation is 1. The smallest absolute Gasteiger partial charge is 0.244 e. The highest BCUT2D eigenvalue weighted by atomic mass is 16.2. The minimum absolute atomic E-state index is 0.354. The molecule has 0 aliphatic rings. The molecule has 6 nitrogen and oxygen atoms in total. The lowest BCUT2D eigenvalue weighted by Crippen LogP contribution is -2.51. The highest BCUT2D eigenvalue weighted by Gasteiger charge is 2.30. The molecule has 20 heavy (non-hydrogen) atoms. The lowest BCUT2D eigenvalue weighted by atomic mass is 9.86. The summed E-state index contributed by atoms with van der Waals surface area (Å²) in [7, 11) is 0. The van der Waals surface area contributed by atoms with Gasteiger partial charge in [-0.05, 0) is 24.5 Å². The molecule has 1 heterocycles. The van der Waals surface area contributed by atoms with E-state index in [9.17, 15) is 9.59 Å². The number of amides is 2. The largest absolute Gasteiger partial charge is 0.368 e. The molecule has 0 saturated heterocycles. The number of nitrogens with two attached hydrogens (primary N) is 1. The average Bonchev–Trinajstić information content (AvgIpc) is 2.78. The van der Waals surface area contributed by atoms with E-state index < -0.39 is 17.4 Å². The van der Waals surface area contributed by atoms with Gasteiger partial charge in [-0.15, -0.1) is 0 Å². The number of nitrogens with one attached hydrogen (secondary N) is 1. The number of hydrogen-bond acceptors (Lipinski definition) is 3. The van der Waals surface area contributed by atoms with E-state index in [1.54, 1.807) is 17.0 Å². The van der Waals surface area contributed by atoms with E-state index in [2.05, 4.69) is 10.4 Å². The van der Waals surface area contributed by atoms with Crippen molar-refractivity contribution in [2.45, 2.75) is 40.3 Å². The summed E-state index contributed by atoms with van der Waals surface area (Å²) in [5.74, 6) is -0.898. The first-order valence-electron chi connectivity index (χ1n) is 6.55. The molecular weight excluding hydrogens is 256 g/mol. The van der Waals surface area contributed by atoms with E-state index >= 15 is 0 Å². The average molecular weight is 278 g/mol. The number of carbonyl (C=O) groups is 2. The highest BCUT2D eigenvalue weighted by Crippen LogP contribution is 2.18. The molecule has 1 atom stereocenters. The van der Waals surface area contributed by atoms with E-state index in [0.29, 0.717) is 0 Å². The van der Waals surface area contributed by atoms with Crippen molar-refractivity contribution in [2.24, 2.45) is 11.1 Å². The normalized spacial score (nSPS) is 13.4. The van der Waals surface area contributed by atoms with Gasteiger partial charge < -0.3 is 11.1 Å². The van der Waals surface area contributed by atoms with Gasteiger partial charge in [0, 0.05) is 18.8 Å². The summed E-state index contributed by atoms with van der Waals surface area (Å²) in [6, 6.07) is 1.10. The topological polar surface area (TPSA) is 90.0 Å². The van der Waals surface area contributed by atoms with Crippen molar-refractivity contribution in [1.82, 2.24) is 15.1 Å². The van der Waals surface area contributed by atoms with Crippen molar-refractivity contribution in [3.63, 3.8) is 0 Å². The molecule has 6 heteroatoms. The Hall–Kier alpha value is -2.11. The van der Waals surface area contributed by atoms with Gasteiger partial charge in [0.2, 0.25) is 11.8 Å². The van der Waals surface area contributed by atoms with Crippen LogP contribution >= 0.6 is 0 Å². The number of hydrogen-bond donors (Lipinski definition) is 2. The Morgan fingerprint density at radius 3 is 2.65 bits per heavy atom. The van der Waals surface area contributed by atoms with Crippen molar-refractivity contribution in [3.05, 3.63) is 24.0 Å². The monoisotopic (exact) mass is 278 g/mol. The summed E-state index contributed by atoms with van der Waals surface area (Å²) in [5.41, 5.74) is 5.71. The third-order valence-corrected chi connectivity index (χ3v) is 2.89. The third-order valence-electron chi connectivity index (χ3n) is 2.89. The summed E-state index contributed by atoms with van der Waals surface area (Å²) in [6.45, 7) is 8.23. The molecular formula is C14H22N4O2. The van der Waals surface area contributed by atoms with Crippen LogP contribution in [0.5, 0.6) is 0 Å². The molecule has 0 aliphatic heterocycles. The van der Waals surface area contributed by atoms with Crippen LogP contribution in [-0.2, 0) is 16.1 Å². The van der Waals surface area contributed by atoms with Crippen molar-refractivity contribution in [1.29, 1.82) is 0 Å². The fourth-order valence-corrected chi connectivity index (χ4v) is 1.81. The zero-order chi connectivity index (χ0) is 15.3. The standard InChI is InChI=1S/C14H22N4O2/c1-5-18-10(8-9-16-18)6-7-11(19)17-12(13(15)20)14(2,3)4/h6-9,12H,5H2,1-4H3,(H2,15,20)(H,17,19)/b7-6+/t12-/m1/s1. The Morgan fingerprint density at radius 1 is 1.50 bits per heavy atom. The molecule has 0 bridgehead atoms. The zero-order valence-electron chi connectivity index (χ0n) is 12.4. The lowest BCUT2D eigenvalue weighted by molar-refractivity contribution is -0.127. The first-order valence-corrected chi connectivity index (χ1v) is 6.55. The lowest BCUT2D eigenvalue weighted by Gasteiger charge is -2.28. The highest BCUT2D eigenvalue weighted by molar-refractivity contribution is 5.95. The fourth-order valence-electron chi connectivity index (χ4n) is 1.81. The van der Waals surface area contributed by atoms with Gasteiger partial charge in [-0.3, -0.25) is 14.3 Å². The summed E-state index contributed by atoms with van der Waals surface area (Å²) in [4.78, 5) is 23.2. The molecule has 0 radical (unpaired) electrons. The number of primary amides is 1. The van der Waals surface area contributed by atoms with Crippen molar-refractivity contribution in [3.8, 4) is 0 Å². The van der Waals surface area contributed by atoms with Gasteiger partial charge >= 0.3 is 0 Å². The molecule has 0 unspecified atom stereocenters. The molecule has 1 rings (SSSR count). The molecule has 2 amide bonds. The molecule has 0 aromatic carbocycles. The Balaban J connectivity index is 2.74. The van der Waals surface area contributed by atoms with Crippen LogP contribution in [0.2, 0.25) is 0 Å². The summed E-state index contributed by atoms with van der Waals surface area (Å²) in [5, 5.41) is 6.73. The van der Waals surface area contributed by atoms with Gasteiger partial charge in [0.05, 0.1) is 5.69 Å². The van der Waals surface area contributed by atoms with Crippen molar-refractivity contribution in [2.75, 3.05) is 0 Å². The maximum Gasteiger partial charge on any atom is 0.244 e. The molecule has 0 saturated carbocycles. The Morgan fingerprint density at radius 2 is 2.15 bits per heavy atom. The van der Waals surface area contributed by atoms with Crippen LogP contribution in [0, 0.1) is 5.41 Å². The van der Waals surface area contributed by atoms with E-state index in [4.69, 9.17) is 5.73 Å². The summed E-state index contributed by atoms with van der Waals surface area (Å²) in [6.07, 6.45) is 4.71. The second-order valence-corrected chi connectivity index (χ2v) is 5.62. The van der Waals surface area contributed by atoms with Gasteiger partial charge in [0.25, 0.3) is 0 Å². The van der Waals surface area contributed by atoms with E-state index in [1.165, 1.54) is 6.08 Å². The number of carbonyl (C=O) groups excluding carboxylic acids is 2. The maximum absolute atomic E-state index is 11.9. The quantitative estimate of drug-likeness (QED) is 0.785. The molecule has 0 aliphatic carbocycles. The molecule has 0 spiro atoms. The second kappa shape index (κ2) is 6.36. The minimum Gasteiger partial charge on any atom is -0.368 e. The van der Waals surface area contributed by atoms with Crippen molar-refractivity contribution >= 4 is 17.9 Å². The van der Waals surface area contributed by atoms with Gasteiger partial charge in [-0.2, -0.15) is 5.10 Å². The Kier molecular flexibility index (Phi) is 5.07. The summed E-state index contributed by atoms with van der Waals surface area (Å²) >= 11 is 0. The molecule has 3 N–H and O–H groups in total. The Labute approximate surface area is 119 Å². The predicted molar refractivity (Wildman–Crippen MR) is 77.5 cm³/mol. The number of nitrogens with zero attached hydrogens (tertiary/aromatic N) is 2. The van der Waals surface area contributed by atoms with Crippen LogP contribution in [0.1, 0.15) is 33.4 Å². The molecule has 1 aromatic heterocycles. The summed E-state index contributed by atoms with van der Waals surface area (Å²) < 4.78 is 1.76. The van der Waals surface area contributed by atoms with Crippen LogP contribution in [0.15, 0.2) is 18.3 Å². The molecule has 0 fully saturated rings. The van der Waals surface area contributed by atoms with Crippen LogP contribution in [-0.4, -0.2) is 27.6 Å². The van der Waals surface area contributed by atoms with E-state index in [0.717, 1.165) is 12.2 Å². The molecule has 110 valence electrons. The van der Waals surface area contributed by atoms with Gasteiger partial charge in [-0.1, -0.05) is 20.8 Å². The van der Waals surface area contributed by atoms with E-state index in [-0.39, 0.29) is 5.91 Å². The first kappa shape index (κ1) is 15.9.